The van der Waals surface area contributed by atoms with Gasteiger partial charge in [0.15, 0.2) is 4.96 Å². The van der Waals surface area contributed by atoms with E-state index in [0.29, 0.717) is 0 Å². The molecule has 6 rings (SSSR count). The van der Waals surface area contributed by atoms with Crippen LogP contribution in [0.1, 0.15) is 44.2 Å². The fourth-order valence-electron chi connectivity index (χ4n) is 5.72. The Labute approximate surface area is 124 Å². The Balaban J connectivity index is 1.31. The number of imidazole rings is 1. The molecule has 0 aromatic carbocycles. The summed E-state index contributed by atoms with van der Waals surface area (Å²) in [5.74, 6) is 5.35. The summed E-state index contributed by atoms with van der Waals surface area (Å²) >= 11 is 1.74. The molecule has 4 aliphatic carbocycles. The van der Waals surface area contributed by atoms with Gasteiger partial charge in [0.25, 0.3) is 0 Å². The Morgan fingerprint density at radius 3 is 2.55 bits per heavy atom. The molecule has 4 bridgehead atoms. The van der Waals surface area contributed by atoms with Gasteiger partial charge in [0.05, 0.1) is 5.69 Å². The molecule has 20 heavy (non-hydrogen) atoms. The van der Waals surface area contributed by atoms with Crippen LogP contribution >= 0.6 is 11.3 Å². The van der Waals surface area contributed by atoms with Gasteiger partial charge in [-0.15, -0.1) is 11.3 Å². The zero-order valence-corrected chi connectivity index (χ0v) is 12.7. The number of aryl methyl sites for hydroxylation is 1. The summed E-state index contributed by atoms with van der Waals surface area (Å²) < 4.78 is 2.18. The molecule has 0 unspecified atom stereocenters. The van der Waals surface area contributed by atoms with Crippen LogP contribution in [0.2, 0.25) is 0 Å². The third-order valence-electron chi connectivity index (χ3n) is 6.30. The zero-order valence-electron chi connectivity index (χ0n) is 11.9. The maximum atomic E-state index is 4.76. The van der Waals surface area contributed by atoms with E-state index in [9.17, 15) is 0 Å². The number of aromatic nitrogens is 2. The van der Waals surface area contributed by atoms with E-state index in [1.54, 1.807) is 43.4 Å². The Kier molecular flexibility index (Phi) is 2.55. The average molecular weight is 286 g/mol. The minimum absolute atomic E-state index is 1.02. The first-order chi connectivity index (χ1) is 9.85. The summed E-state index contributed by atoms with van der Waals surface area (Å²) in [6.07, 6.45) is 14.7. The standard InChI is InChI=1S/C17H22N2S/c1(15-10-19-3-4-20-17(19)18-15)2-16-13-6-11-5-12(8-13)9-14(16)7-11/h3-4,10-14,16H,1-2,5-9H2. The van der Waals surface area contributed by atoms with E-state index in [4.69, 9.17) is 4.98 Å². The third kappa shape index (κ3) is 1.78. The summed E-state index contributed by atoms with van der Waals surface area (Å²) in [7, 11) is 0. The second kappa shape index (κ2) is 4.33. The lowest BCUT2D eigenvalue weighted by Crippen LogP contribution is -2.45. The molecule has 4 fully saturated rings. The molecule has 4 saturated carbocycles. The minimum atomic E-state index is 1.02. The first kappa shape index (κ1) is 11.8. The largest absolute Gasteiger partial charge is 0.297 e. The summed E-state index contributed by atoms with van der Waals surface area (Å²) in [5, 5.41) is 2.11. The normalized spacial score (nSPS) is 38.9. The van der Waals surface area contributed by atoms with Crippen LogP contribution < -0.4 is 0 Å². The molecule has 0 aliphatic heterocycles. The van der Waals surface area contributed by atoms with Crippen molar-refractivity contribution in [3.05, 3.63) is 23.5 Å². The van der Waals surface area contributed by atoms with Crippen LogP contribution in [-0.4, -0.2) is 9.38 Å². The van der Waals surface area contributed by atoms with Gasteiger partial charge < -0.3 is 0 Å². The molecule has 106 valence electrons. The van der Waals surface area contributed by atoms with Crippen molar-refractivity contribution in [3.63, 3.8) is 0 Å². The van der Waals surface area contributed by atoms with Crippen molar-refractivity contribution in [2.45, 2.75) is 44.9 Å². The van der Waals surface area contributed by atoms with E-state index in [1.807, 2.05) is 0 Å². The molecular weight excluding hydrogens is 264 g/mol. The molecule has 2 nitrogen and oxygen atoms in total. The summed E-state index contributed by atoms with van der Waals surface area (Å²) in [6.45, 7) is 0. The maximum absolute atomic E-state index is 4.76. The number of fused-ring (bicyclic) bond motifs is 1. The molecule has 2 aromatic rings. The van der Waals surface area contributed by atoms with Gasteiger partial charge in [0, 0.05) is 17.8 Å². The Hall–Kier alpha value is -0.830. The monoisotopic (exact) mass is 286 g/mol. The number of thiazole rings is 1. The maximum Gasteiger partial charge on any atom is 0.193 e. The molecule has 2 aromatic heterocycles. The van der Waals surface area contributed by atoms with Crippen LogP contribution in [0.4, 0.5) is 0 Å². The van der Waals surface area contributed by atoms with Crippen molar-refractivity contribution in [1.29, 1.82) is 0 Å². The lowest BCUT2D eigenvalue weighted by Gasteiger charge is -2.54. The highest BCUT2D eigenvalue weighted by Crippen LogP contribution is 2.57. The lowest BCUT2D eigenvalue weighted by molar-refractivity contribution is -0.0394. The van der Waals surface area contributed by atoms with Gasteiger partial charge in [0.1, 0.15) is 0 Å². The molecule has 0 atom stereocenters. The van der Waals surface area contributed by atoms with Gasteiger partial charge in [-0.25, -0.2) is 4.98 Å². The van der Waals surface area contributed by atoms with Gasteiger partial charge >= 0.3 is 0 Å². The van der Waals surface area contributed by atoms with E-state index in [1.165, 1.54) is 18.5 Å². The Morgan fingerprint density at radius 2 is 1.85 bits per heavy atom. The second-order valence-electron chi connectivity index (χ2n) is 7.46. The molecular formula is C17H22N2S. The highest BCUT2D eigenvalue weighted by atomic mass is 32.1. The van der Waals surface area contributed by atoms with E-state index in [2.05, 4.69) is 22.2 Å². The minimum Gasteiger partial charge on any atom is -0.297 e. The first-order valence-electron chi connectivity index (χ1n) is 8.26. The van der Waals surface area contributed by atoms with Crippen LogP contribution in [0.25, 0.3) is 4.96 Å². The fraction of sp³-hybridized carbons (Fsp3) is 0.706. The fourth-order valence-corrected chi connectivity index (χ4v) is 6.44. The van der Waals surface area contributed by atoms with Crippen LogP contribution in [0.3, 0.4) is 0 Å². The molecule has 0 amide bonds. The molecule has 0 saturated heterocycles. The van der Waals surface area contributed by atoms with Crippen LogP contribution in [0, 0.1) is 29.6 Å². The number of hydrogen-bond donors (Lipinski definition) is 0. The van der Waals surface area contributed by atoms with Crippen molar-refractivity contribution in [1.82, 2.24) is 9.38 Å². The smallest absolute Gasteiger partial charge is 0.193 e. The summed E-state index contributed by atoms with van der Waals surface area (Å²) in [4.78, 5) is 5.91. The average Bonchev–Trinajstić information content (AvgIpc) is 2.97. The molecule has 0 spiro atoms. The van der Waals surface area contributed by atoms with Gasteiger partial charge in [0.2, 0.25) is 0 Å². The van der Waals surface area contributed by atoms with Crippen LogP contribution in [-0.2, 0) is 6.42 Å². The van der Waals surface area contributed by atoms with Crippen LogP contribution in [0.15, 0.2) is 17.8 Å². The Morgan fingerprint density at radius 1 is 1.10 bits per heavy atom. The van der Waals surface area contributed by atoms with Crippen molar-refractivity contribution in [3.8, 4) is 0 Å². The Bertz CT molecular complexity index is 569. The molecule has 4 aliphatic rings. The molecule has 0 radical (unpaired) electrons. The molecule has 3 heteroatoms. The summed E-state index contributed by atoms with van der Waals surface area (Å²) in [5.41, 5.74) is 1.31. The summed E-state index contributed by atoms with van der Waals surface area (Å²) in [6, 6.07) is 0. The van der Waals surface area contributed by atoms with E-state index < -0.39 is 0 Å². The van der Waals surface area contributed by atoms with Crippen molar-refractivity contribution in [2.24, 2.45) is 29.6 Å². The quantitative estimate of drug-likeness (QED) is 0.817. The highest BCUT2D eigenvalue weighted by molar-refractivity contribution is 7.15. The second-order valence-corrected chi connectivity index (χ2v) is 8.33. The van der Waals surface area contributed by atoms with E-state index in [-0.39, 0.29) is 0 Å². The topological polar surface area (TPSA) is 17.3 Å². The number of hydrogen-bond acceptors (Lipinski definition) is 2. The predicted molar refractivity (Wildman–Crippen MR) is 81.9 cm³/mol. The lowest BCUT2D eigenvalue weighted by atomic mass is 9.51. The number of rotatable bonds is 3. The van der Waals surface area contributed by atoms with Gasteiger partial charge in [-0.1, -0.05) is 0 Å². The van der Waals surface area contributed by atoms with Gasteiger partial charge in [-0.2, -0.15) is 0 Å². The SMILES string of the molecule is c1cn2cc(CCC3C4CC5CC(C4)CC3C5)nc2s1. The molecule has 2 heterocycles. The predicted octanol–water partition coefficient (Wildman–Crippen LogP) is 4.40. The van der Waals surface area contributed by atoms with Gasteiger partial charge in [-0.05, 0) is 74.5 Å². The van der Waals surface area contributed by atoms with E-state index in [0.717, 1.165) is 34.6 Å². The van der Waals surface area contributed by atoms with Crippen molar-refractivity contribution < 1.29 is 0 Å². The van der Waals surface area contributed by atoms with Crippen molar-refractivity contribution >= 4 is 16.3 Å². The third-order valence-corrected chi connectivity index (χ3v) is 7.07. The van der Waals surface area contributed by atoms with Crippen LogP contribution in [0.5, 0.6) is 0 Å². The number of nitrogens with zero attached hydrogens (tertiary/aromatic N) is 2. The van der Waals surface area contributed by atoms with Gasteiger partial charge in [-0.3, -0.25) is 4.40 Å². The van der Waals surface area contributed by atoms with Crippen molar-refractivity contribution in [2.75, 3.05) is 0 Å². The molecule has 0 N–H and O–H groups in total. The van der Waals surface area contributed by atoms with E-state index >= 15 is 0 Å². The zero-order chi connectivity index (χ0) is 13.1. The first-order valence-corrected chi connectivity index (χ1v) is 9.14. The highest BCUT2D eigenvalue weighted by Gasteiger charge is 2.47.